The Morgan fingerprint density at radius 3 is 2.81 bits per heavy atom. The number of carbonyl (C=O) groups is 1. The highest BCUT2D eigenvalue weighted by atomic mass is 35.5. The first-order valence-corrected chi connectivity index (χ1v) is 9.45. The Bertz CT molecular complexity index is 764. The predicted molar refractivity (Wildman–Crippen MR) is 103 cm³/mol. The van der Waals surface area contributed by atoms with Crippen molar-refractivity contribution in [2.45, 2.75) is 38.3 Å². The van der Waals surface area contributed by atoms with Crippen LogP contribution in [0.5, 0.6) is 5.75 Å². The van der Waals surface area contributed by atoms with Crippen molar-refractivity contribution in [3.63, 3.8) is 0 Å². The lowest BCUT2D eigenvalue weighted by atomic mass is 9.91. The van der Waals surface area contributed by atoms with Gasteiger partial charge in [-0.15, -0.1) is 0 Å². The van der Waals surface area contributed by atoms with E-state index in [0.29, 0.717) is 18.1 Å². The summed E-state index contributed by atoms with van der Waals surface area (Å²) >= 11 is 6.25. The van der Waals surface area contributed by atoms with E-state index in [1.165, 1.54) is 0 Å². The molecule has 2 aromatic rings. The largest absolute Gasteiger partial charge is 0.494 e. The Hall–Kier alpha value is -2.04. The number of halogens is 1. The Labute approximate surface area is 159 Å². The van der Waals surface area contributed by atoms with Crippen LogP contribution in [0.2, 0.25) is 5.02 Å². The van der Waals surface area contributed by atoms with Gasteiger partial charge in [-0.1, -0.05) is 48.4 Å². The number of hydrogen-bond donors (Lipinski definition) is 1. The summed E-state index contributed by atoms with van der Waals surface area (Å²) in [5, 5.41) is 10.4. The standard InChI is InChI=1S/C21H24ClNO3/c1-2-26-19-12-4-3-10-17(19)20(15-8-7-9-16(22)14-15)23-13-6-5-11-18(23)21(24)25/h3-4,7-10,12,14,18,20H,2,5-6,11,13H2,1H3,(H,24,25). The van der Waals surface area contributed by atoms with E-state index in [0.717, 1.165) is 36.3 Å². The number of para-hydroxylation sites is 1. The summed E-state index contributed by atoms with van der Waals surface area (Å²) in [4.78, 5) is 14.0. The lowest BCUT2D eigenvalue weighted by Crippen LogP contribution is -2.46. The van der Waals surface area contributed by atoms with Gasteiger partial charge in [0.05, 0.1) is 12.6 Å². The molecular formula is C21H24ClNO3. The molecule has 2 aromatic carbocycles. The first kappa shape index (κ1) is 18.7. The summed E-state index contributed by atoms with van der Waals surface area (Å²) in [5.74, 6) is 0.0142. The van der Waals surface area contributed by atoms with Crippen LogP contribution in [-0.2, 0) is 4.79 Å². The fourth-order valence-corrected chi connectivity index (χ4v) is 3.95. The number of nitrogens with zero attached hydrogens (tertiary/aromatic N) is 1. The molecule has 2 atom stereocenters. The van der Waals surface area contributed by atoms with Gasteiger partial charge in [-0.05, 0) is 50.1 Å². The number of rotatable bonds is 6. The maximum absolute atomic E-state index is 11.9. The van der Waals surface area contributed by atoms with Crippen LogP contribution in [0.3, 0.4) is 0 Å². The lowest BCUT2D eigenvalue weighted by molar-refractivity contribution is -0.145. The first-order valence-electron chi connectivity index (χ1n) is 9.07. The van der Waals surface area contributed by atoms with Gasteiger partial charge in [-0.3, -0.25) is 9.69 Å². The number of benzene rings is 2. The van der Waals surface area contributed by atoms with Crippen molar-refractivity contribution in [1.29, 1.82) is 0 Å². The lowest BCUT2D eigenvalue weighted by Gasteiger charge is -2.40. The van der Waals surface area contributed by atoms with Gasteiger partial charge >= 0.3 is 5.97 Å². The number of carboxylic acid groups (broad SMARTS) is 1. The molecule has 0 aromatic heterocycles. The van der Waals surface area contributed by atoms with E-state index < -0.39 is 12.0 Å². The molecule has 5 heteroatoms. The quantitative estimate of drug-likeness (QED) is 0.792. The summed E-state index contributed by atoms with van der Waals surface area (Å²) in [6, 6.07) is 14.8. The fourth-order valence-electron chi connectivity index (χ4n) is 3.75. The molecule has 26 heavy (non-hydrogen) atoms. The second kappa shape index (κ2) is 8.56. The number of ether oxygens (including phenoxy) is 1. The topological polar surface area (TPSA) is 49.8 Å². The normalized spacial score (nSPS) is 19.1. The van der Waals surface area contributed by atoms with E-state index in [4.69, 9.17) is 16.3 Å². The van der Waals surface area contributed by atoms with Crippen LogP contribution < -0.4 is 4.74 Å². The van der Waals surface area contributed by atoms with E-state index in [9.17, 15) is 9.90 Å². The zero-order chi connectivity index (χ0) is 18.5. The smallest absolute Gasteiger partial charge is 0.320 e. The average Bonchev–Trinajstić information content (AvgIpc) is 2.64. The number of piperidine rings is 1. The summed E-state index contributed by atoms with van der Waals surface area (Å²) in [6.45, 7) is 3.24. The first-order chi connectivity index (χ1) is 12.6. The minimum absolute atomic E-state index is 0.210. The molecule has 0 amide bonds. The van der Waals surface area contributed by atoms with Crippen LogP contribution in [0.25, 0.3) is 0 Å². The Morgan fingerprint density at radius 2 is 2.08 bits per heavy atom. The van der Waals surface area contributed by atoms with Crippen molar-refractivity contribution in [3.8, 4) is 5.75 Å². The Kier molecular flexibility index (Phi) is 6.17. The molecule has 0 aliphatic carbocycles. The van der Waals surface area contributed by atoms with Gasteiger partial charge in [0.25, 0.3) is 0 Å². The van der Waals surface area contributed by atoms with Gasteiger partial charge in [-0.2, -0.15) is 0 Å². The van der Waals surface area contributed by atoms with Gasteiger partial charge in [0.1, 0.15) is 11.8 Å². The Balaban J connectivity index is 2.12. The zero-order valence-corrected chi connectivity index (χ0v) is 15.7. The van der Waals surface area contributed by atoms with Crippen molar-refractivity contribution in [3.05, 3.63) is 64.7 Å². The van der Waals surface area contributed by atoms with Gasteiger partial charge in [-0.25, -0.2) is 0 Å². The number of carboxylic acids is 1. The van der Waals surface area contributed by atoms with Gasteiger partial charge < -0.3 is 9.84 Å². The third kappa shape index (κ3) is 4.02. The van der Waals surface area contributed by atoms with Gasteiger partial charge in [0.2, 0.25) is 0 Å². The molecular weight excluding hydrogens is 350 g/mol. The second-order valence-corrected chi connectivity index (χ2v) is 6.95. The van der Waals surface area contributed by atoms with Crippen LogP contribution in [-0.4, -0.2) is 35.2 Å². The summed E-state index contributed by atoms with van der Waals surface area (Å²) in [7, 11) is 0. The van der Waals surface area contributed by atoms with E-state index in [2.05, 4.69) is 4.90 Å². The van der Waals surface area contributed by atoms with Crippen molar-refractivity contribution in [2.75, 3.05) is 13.2 Å². The SMILES string of the molecule is CCOc1ccccc1C(c1cccc(Cl)c1)N1CCCCC1C(=O)O. The number of hydrogen-bond acceptors (Lipinski definition) is 3. The molecule has 3 rings (SSSR count). The summed E-state index contributed by atoms with van der Waals surface area (Å²) in [5.41, 5.74) is 1.96. The molecule has 4 nitrogen and oxygen atoms in total. The highest BCUT2D eigenvalue weighted by Gasteiger charge is 2.36. The zero-order valence-electron chi connectivity index (χ0n) is 14.9. The maximum atomic E-state index is 11.9. The van der Waals surface area contributed by atoms with E-state index in [1.54, 1.807) is 0 Å². The Morgan fingerprint density at radius 1 is 1.27 bits per heavy atom. The molecule has 1 N–H and O–H groups in total. The van der Waals surface area contributed by atoms with E-state index in [1.807, 2.05) is 55.5 Å². The monoisotopic (exact) mass is 373 g/mol. The van der Waals surface area contributed by atoms with Crippen LogP contribution >= 0.6 is 11.6 Å². The molecule has 1 aliphatic rings. The highest BCUT2D eigenvalue weighted by molar-refractivity contribution is 6.30. The third-order valence-electron chi connectivity index (χ3n) is 4.84. The van der Waals surface area contributed by atoms with Crippen LogP contribution in [0, 0.1) is 0 Å². The highest BCUT2D eigenvalue weighted by Crippen LogP contribution is 2.39. The average molecular weight is 374 g/mol. The molecule has 0 saturated carbocycles. The molecule has 2 unspecified atom stereocenters. The second-order valence-electron chi connectivity index (χ2n) is 6.52. The van der Waals surface area contributed by atoms with Crippen LogP contribution in [0.15, 0.2) is 48.5 Å². The minimum atomic E-state index is -0.773. The molecule has 1 saturated heterocycles. The van der Waals surface area contributed by atoms with Gasteiger partial charge in [0.15, 0.2) is 0 Å². The molecule has 0 spiro atoms. The molecule has 0 bridgehead atoms. The van der Waals surface area contributed by atoms with E-state index in [-0.39, 0.29) is 6.04 Å². The van der Waals surface area contributed by atoms with Crippen molar-refractivity contribution >= 4 is 17.6 Å². The van der Waals surface area contributed by atoms with Gasteiger partial charge in [0, 0.05) is 10.6 Å². The van der Waals surface area contributed by atoms with Crippen LogP contribution in [0.1, 0.15) is 43.4 Å². The maximum Gasteiger partial charge on any atom is 0.320 e. The molecule has 0 radical (unpaired) electrons. The minimum Gasteiger partial charge on any atom is -0.494 e. The summed E-state index contributed by atoms with van der Waals surface area (Å²) < 4.78 is 5.85. The van der Waals surface area contributed by atoms with Crippen LogP contribution in [0.4, 0.5) is 0 Å². The predicted octanol–water partition coefficient (Wildman–Crippen LogP) is 4.77. The summed E-state index contributed by atoms with van der Waals surface area (Å²) in [6.07, 6.45) is 2.57. The van der Waals surface area contributed by atoms with E-state index >= 15 is 0 Å². The fraction of sp³-hybridized carbons (Fsp3) is 0.381. The third-order valence-corrected chi connectivity index (χ3v) is 5.07. The van der Waals surface area contributed by atoms with Crippen molar-refractivity contribution < 1.29 is 14.6 Å². The number of likely N-dealkylation sites (tertiary alicyclic amines) is 1. The molecule has 1 aliphatic heterocycles. The molecule has 1 fully saturated rings. The molecule has 138 valence electrons. The van der Waals surface area contributed by atoms with Crippen molar-refractivity contribution in [1.82, 2.24) is 4.90 Å². The number of aliphatic carboxylic acids is 1. The van der Waals surface area contributed by atoms with Crippen molar-refractivity contribution in [2.24, 2.45) is 0 Å². The molecule has 1 heterocycles.